The molecule has 0 fully saturated rings. The third kappa shape index (κ3) is 7.29. The number of ether oxygens (including phenoxy) is 3. The number of nitrogens with one attached hydrogen (secondary N) is 2. The van der Waals surface area contributed by atoms with Crippen molar-refractivity contribution >= 4 is 29.3 Å². The van der Waals surface area contributed by atoms with Gasteiger partial charge in [-0.15, -0.1) is 0 Å². The number of rotatable bonds is 6. The van der Waals surface area contributed by atoms with Crippen molar-refractivity contribution in [2.45, 2.75) is 39.2 Å². The van der Waals surface area contributed by atoms with Crippen LogP contribution in [0.5, 0.6) is 11.5 Å². The maximum atomic E-state index is 14.3. The third-order valence-electron chi connectivity index (χ3n) is 4.52. The number of amides is 1. The Labute approximate surface area is 197 Å². The van der Waals surface area contributed by atoms with E-state index >= 15 is 0 Å². The molecule has 34 heavy (non-hydrogen) atoms. The van der Waals surface area contributed by atoms with E-state index < -0.39 is 17.5 Å². The number of alkyl carbamates (subject to hydrolysis) is 1. The molecule has 0 saturated carbocycles. The molecule has 180 valence electrons. The summed E-state index contributed by atoms with van der Waals surface area (Å²) in [4.78, 5) is 24.4. The SMILES string of the molecule is COc1cc(Nc2nc(N=C3C=CC(=CNC(=O)OC(C)(C)C)CC3)ncc2F)cc(OC)c1. The zero-order chi connectivity index (χ0) is 24.7. The van der Waals surface area contributed by atoms with E-state index in [4.69, 9.17) is 14.2 Å². The summed E-state index contributed by atoms with van der Waals surface area (Å²) in [6.07, 6.45) is 7.07. The second-order valence-corrected chi connectivity index (χ2v) is 8.39. The number of anilines is 2. The average molecular weight is 470 g/mol. The van der Waals surface area contributed by atoms with Gasteiger partial charge < -0.3 is 19.5 Å². The lowest BCUT2D eigenvalue weighted by atomic mass is 10.0. The first kappa shape index (κ1) is 24.7. The van der Waals surface area contributed by atoms with Crippen LogP contribution in [0.3, 0.4) is 0 Å². The Hall–Kier alpha value is -3.95. The molecule has 2 N–H and O–H groups in total. The fraction of sp³-hybridized carbons (Fsp3) is 0.333. The van der Waals surface area contributed by atoms with Crippen LogP contribution in [0, 0.1) is 5.82 Å². The topological polar surface area (TPSA) is 107 Å². The van der Waals surface area contributed by atoms with Crippen LogP contribution in [-0.2, 0) is 4.74 Å². The van der Waals surface area contributed by atoms with Crippen molar-refractivity contribution in [2.24, 2.45) is 4.99 Å². The van der Waals surface area contributed by atoms with Crippen molar-refractivity contribution in [2.75, 3.05) is 19.5 Å². The van der Waals surface area contributed by atoms with Crippen LogP contribution in [-0.4, -0.2) is 41.6 Å². The molecule has 0 spiro atoms. The van der Waals surface area contributed by atoms with E-state index in [1.165, 1.54) is 14.2 Å². The van der Waals surface area contributed by atoms with Gasteiger partial charge in [0.15, 0.2) is 11.6 Å². The van der Waals surface area contributed by atoms with Gasteiger partial charge in [-0.25, -0.2) is 19.2 Å². The lowest BCUT2D eigenvalue weighted by Gasteiger charge is -2.19. The Morgan fingerprint density at radius 1 is 1.12 bits per heavy atom. The minimum atomic E-state index is -0.622. The van der Waals surface area contributed by atoms with Crippen LogP contribution in [0.4, 0.5) is 26.6 Å². The molecule has 0 aliphatic heterocycles. The molecule has 2 aromatic rings. The van der Waals surface area contributed by atoms with E-state index in [0.717, 1.165) is 17.5 Å². The number of carbonyl (C=O) groups excluding carboxylic acids is 1. The Kier molecular flexibility index (Phi) is 7.83. The van der Waals surface area contributed by atoms with Crippen LogP contribution in [0.2, 0.25) is 0 Å². The molecular weight excluding hydrogens is 441 g/mol. The molecular formula is C24H28FN5O4. The highest BCUT2D eigenvalue weighted by atomic mass is 19.1. The predicted octanol–water partition coefficient (Wildman–Crippen LogP) is 5.21. The largest absolute Gasteiger partial charge is 0.497 e. The van der Waals surface area contributed by atoms with Crippen LogP contribution < -0.4 is 20.1 Å². The molecule has 1 amide bonds. The molecule has 0 saturated heterocycles. The van der Waals surface area contributed by atoms with Crippen molar-refractivity contribution in [1.82, 2.24) is 15.3 Å². The van der Waals surface area contributed by atoms with Gasteiger partial charge in [0, 0.05) is 35.8 Å². The van der Waals surface area contributed by atoms with Crippen LogP contribution in [0.15, 0.2) is 53.3 Å². The van der Waals surface area contributed by atoms with Crippen molar-refractivity contribution in [3.63, 3.8) is 0 Å². The molecule has 1 aromatic heterocycles. The fourth-order valence-electron chi connectivity index (χ4n) is 2.96. The molecule has 1 aliphatic rings. The number of hydrogen-bond acceptors (Lipinski definition) is 8. The van der Waals surface area contributed by atoms with Crippen molar-refractivity contribution < 1.29 is 23.4 Å². The van der Waals surface area contributed by atoms with E-state index in [-0.39, 0.29) is 11.8 Å². The summed E-state index contributed by atoms with van der Waals surface area (Å²) >= 11 is 0. The third-order valence-corrected chi connectivity index (χ3v) is 4.52. The Morgan fingerprint density at radius 3 is 2.41 bits per heavy atom. The molecule has 1 aliphatic carbocycles. The number of allylic oxidation sites excluding steroid dienone is 3. The summed E-state index contributed by atoms with van der Waals surface area (Å²) in [6.45, 7) is 5.40. The van der Waals surface area contributed by atoms with Gasteiger partial charge in [0.25, 0.3) is 5.95 Å². The highest BCUT2D eigenvalue weighted by molar-refractivity contribution is 5.98. The Morgan fingerprint density at radius 2 is 1.82 bits per heavy atom. The second-order valence-electron chi connectivity index (χ2n) is 8.39. The summed E-state index contributed by atoms with van der Waals surface area (Å²) < 4.78 is 30.0. The molecule has 0 unspecified atom stereocenters. The molecule has 0 atom stereocenters. The Balaban J connectivity index is 1.71. The van der Waals surface area contributed by atoms with E-state index in [0.29, 0.717) is 30.0 Å². The zero-order valence-electron chi connectivity index (χ0n) is 19.8. The normalized spacial score (nSPS) is 15.8. The maximum Gasteiger partial charge on any atom is 0.411 e. The summed E-state index contributed by atoms with van der Waals surface area (Å²) in [7, 11) is 3.06. The number of aliphatic imine (C=N–C) groups is 1. The van der Waals surface area contributed by atoms with Crippen LogP contribution >= 0.6 is 0 Å². The molecule has 0 bridgehead atoms. The van der Waals surface area contributed by atoms with Crippen molar-refractivity contribution in [1.29, 1.82) is 0 Å². The summed E-state index contributed by atoms with van der Waals surface area (Å²) in [5.74, 6) is 0.580. The van der Waals surface area contributed by atoms with Crippen LogP contribution in [0.25, 0.3) is 0 Å². The highest BCUT2D eigenvalue weighted by Crippen LogP contribution is 2.29. The van der Waals surface area contributed by atoms with Gasteiger partial charge in [0.05, 0.1) is 20.4 Å². The standard InChI is InChI=1S/C24H28FN5O4/c1-24(2,3)34-23(31)27-13-15-6-8-16(9-7-15)29-22-26-14-20(25)21(30-22)28-17-10-18(32-4)12-19(11-17)33-5/h6,8,10-14H,7,9H2,1-5H3,(H,27,31)(H,26,28,30). The van der Waals surface area contributed by atoms with Gasteiger partial charge in [-0.05, 0) is 45.3 Å². The monoisotopic (exact) mass is 469 g/mol. The number of aromatic nitrogens is 2. The van der Waals surface area contributed by atoms with Gasteiger partial charge in [-0.1, -0.05) is 6.08 Å². The van der Waals surface area contributed by atoms with Gasteiger partial charge in [0.1, 0.15) is 17.1 Å². The number of halogens is 1. The summed E-state index contributed by atoms with van der Waals surface area (Å²) in [5.41, 5.74) is 1.62. The van der Waals surface area contributed by atoms with Gasteiger partial charge in [-0.2, -0.15) is 4.98 Å². The highest BCUT2D eigenvalue weighted by Gasteiger charge is 2.16. The lowest BCUT2D eigenvalue weighted by Crippen LogP contribution is -2.30. The predicted molar refractivity (Wildman–Crippen MR) is 128 cm³/mol. The van der Waals surface area contributed by atoms with E-state index in [2.05, 4.69) is 25.6 Å². The minimum absolute atomic E-state index is 0.0217. The molecule has 10 heteroatoms. The van der Waals surface area contributed by atoms with Gasteiger partial charge >= 0.3 is 6.09 Å². The molecule has 1 aromatic carbocycles. The number of methoxy groups -OCH3 is 2. The first-order chi connectivity index (χ1) is 16.1. The number of benzene rings is 1. The lowest BCUT2D eigenvalue weighted by molar-refractivity contribution is 0.0552. The zero-order valence-corrected chi connectivity index (χ0v) is 19.8. The number of nitrogens with zero attached hydrogens (tertiary/aromatic N) is 3. The van der Waals surface area contributed by atoms with Gasteiger partial charge in [0.2, 0.25) is 0 Å². The first-order valence-corrected chi connectivity index (χ1v) is 10.6. The van der Waals surface area contributed by atoms with Crippen molar-refractivity contribution in [3.05, 3.63) is 54.1 Å². The number of carbonyl (C=O) groups is 1. The molecule has 3 rings (SSSR count). The summed E-state index contributed by atoms with van der Waals surface area (Å²) in [5, 5.41) is 5.53. The Bertz CT molecular complexity index is 1120. The van der Waals surface area contributed by atoms with Crippen LogP contribution in [0.1, 0.15) is 33.6 Å². The molecule has 9 nitrogen and oxygen atoms in total. The number of hydrogen-bond donors (Lipinski definition) is 2. The summed E-state index contributed by atoms with van der Waals surface area (Å²) in [6, 6.07) is 5.09. The maximum absolute atomic E-state index is 14.3. The molecule has 1 heterocycles. The van der Waals surface area contributed by atoms with E-state index in [1.54, 1.807) is 51.2 Å². The smallest absolute Gasteiger partial charge is 0.411 e. The minimum Gasteiger partial charge on any atom is -0.497 e. The second kappa shape index (κ2) is 10.8. The van der Waals surface area contributed by atoms with E-state index in [1.807, 2.05) is 6.08 Å². The quantitative estimate of drug-likeness (QED) is 0.598. The fourth-order valence-corrected chi connectivity index (χ4v) is 2.96. The first-order valence-electron chi connectivity index (χ1n) is 10.6. The molecule has 0 radical (unpaired) electrons. The average Bonchev–Trinajstić information content (AvgIpc) is 2.79. The van der Waals surface area contributed by atoms with Crippen molar-refractivity contribution in [3.8, 4) is 11.5 Å². The van der Waals surface area contributed by atoms with E-state index in [9.17, 15) is 9.18 Å². The van der Waals surface area contributed by atoms with Gasteiger partial charge in [-0.3, -0.25) is 5.32 Å².